The van der Waals surface area contributed by atoms with Gasteiger partial charge in [0.1, 0.15) is 11.6 Å². The summed E-state index contributed by atoms with van der Waals surface area (Å²) in [6.07, 6.45) is 1.33. The minimum atomic E-state index is -0.959. The molecular formula is C26H25ClF2N6O2. The zero-order valence-electron chi connectivity index (χ0n) is 20.6. The standard InChI is InChI=1S/C26H25ClF2N6O2/c1-15-5-7-18(8-6-15)35-21(13-20(34-35)26(2,3)4)32-25(36)31-14-16-11-17(28)12-19(29)23(16)37-22-9-10-30-24(27)33-22/h5-13H,14H2,1-4H3,(H2,31,32,36). The first kappa shape index (κ1) is 26.0. The van der Waals surface area contributed by atoms with Crippen molar-refractivity contribution in [1.29, 1.82) is 0 Å². The normalized spacial score (nSPS) is 11.3. The van der Waals surface area contributed by atoms with E-state index in [9.17, 15) is 13.6 Å². The average molecular weight is 527 g/mol. The summed E-state index contributed by atoms with van der Waals surface area (Å²) >= 11 is 5.76. The summed E-state index contributed by atoms with van der Waals surface area (Å²) < 4.78 is 35.7. The van der Waals surface area contributed by atoms with Crippen LogP contribution in [0.4, 0.5) is 19.4 Å². The zero-order chi connectivity index (χ0) is 26.7. The lowest BCUT2D eigenvalue weighted by Gasteiger charge is -2.14. The summed E-state index contributed by atoms with van der Waals surface area (Å²) in [5.41, 5.74) is 2.42. The van der Waals surface area contributed by atoms with Crippen LogP contribution in [-0.4, -0.2) is 25.8 Å². The molecule has 37 heavy (non-hydrogen) atoms. The van der Waals surface area contributed by atoms with Crippen LogP contribution >= 0.6 is 11.6 Å². The number of carbonyl (C=O) groups excluding carboxylic acids is 1. The van der Waals surface area contributed by atoms with Gasteiger partial charge < -0.3 is 10.1 Å². The molecule has 4 aromatic rings. The number of aromatic nitrogens is 4. The molecule has 0 aliphatic carbocycles. The Morgan fingerprint density at radius 1 is 1.11 bits per heavy atom. The fourth-order valence-electron chi connectivity index (χ4n) is 3.40. The van der Waals surface area contributed by atoms with Gasteiger partial charge in [0, 0.05) is 41.9 Å². The van der Waals surface area contributed by atoms with Crippen LogP contribution in [0.3, 0.4) is 0 Å². The van der Waals surface area contributed by atoms with Crippen molar-refractivity contribution < 1.29 is 18.3 Å². The number of benzene rings is 2. The number of hydrogen-bond donors (Lipinski definition) is 2. The molecule has 2 amide bonds. The molecule has 8 nitrogen and oxygen atoms in total. The number of nitrogens with zero attached hydrogens (tertiary/aromatic N) is 4. The number of urea groups is 1. The third kappa shape index (κ3) is 6.39. The lowest BCUT2D eigenvalue weighted by atomic mass is 9.92. The second kappa shape index (κ2) is 10.5. The van der Waals surface area contributed by atoms with Gasteiger partial charge in [-0.15, -0.1) is 0 Å². The second-order valence-corrected chi connectivity index (χ2v) is 9.70. The van der Waals surface area contributed by atoms with Gasteiger partial charge in [-0.2, -0.15) is 10.1 Å². The first-order valence-corrected chi connectivity index (χ1v) is 11.7. The molecule has 2 aromatic heterocycles. The van der Waals surface area contributed by atoms with Crippen LogP contribution in [0, 0.1) is 18.6 Å². The van der Waals surface area contributed by atoms with E-state index in [0.717, 1.165) is 23.0 Å². The lowest BCUT2D eigenvalue weighted by Crippen LogP contribution is -2.29. The van der Waals surface area contributed by atoms with Crippen molar-refractivity contribution in [3.63, 3.8) is 0 Å². The van der Waals surface area contributed by atoms with Crippen LogP contribution in [0.15, 0.2) is 54.7 Å². The Kier molecular flexibility index (Phi) is 7.40. The molecule has 0 fully saturated rings. The van der Waals surface area contributed by atoms with Crippen molar-refractivity contribution in [2.45, 2.75) is 39.7 Å². The monoisotopic (exact) mass is 526 g/mol. The number of anilines is 1. The fourth-order valence-corrected chi connectivity index (χ4v) is 3.54. The summed E-state index contributed by atoms with van der Waals surface area (Å²) in [5.74, 6) is -1.68. The summed E-state index contributed by atoms with van der Waals surface area (Å²) in [6, 6.07) is 12.0. The van der Waals surface area contributed by atoms with Crippen LogP contribution in [-0.2, 0) is 12.0 Å². The Balaban J connectivity index is 1.55. The van der Waals surface area contributed by atoms with E-state index in [1.54, 1.807) is 10.7 Å². The molecule has 0 spiro atoms. The molecule has 192 valence electrons. The second-order valence-electron chi connectivity index (χ2n) is 9.36. The Morgan fingerprint density at radius 2 is 1.84 bits per heavy atom. The Morgan fingerprint density at radius 3 is 2.51 bits per heavy atom. The lowest BCUT2D eigenvalue weighted by molar-refractivity contribution is 0.251. The first-order chi connectivity index (χ1) is 17.5. The van der Waals surface area contributed by atoms with E-state index < -0.39 is 17.7 Å². The maximum Gasteiger partial charge on any atom is 0.320 e. The summed E-state index contributed by atoms with van der Waals surface area (Å²) in [5, 5.41) is 9.97. The average Bonchev–Trinajstić information content (AvgIpc) is 3.24. The van der Waals surface area contributed by atoms with E-state index in [0.29, 0.717) is 11.9 Å². The van der Waals surface area contributed by atoms with Gasteiger partial charge in [0.2, 0.25) is 11.2 Å². The maximum atomic E-state index is 14.6. The number of amides is 2. The number of aryl methyl sites for hydroxylation is 1. The van der Waals surface area contributed by atoms with Crippen molar-refractivity contribution in [2.24, 2.45) is 0 Å². The third-order valence-electron chi connectivity index (χ3n) is 5.33. The number of nitrogens with one attached hydrogen (secondary N) is 2. The summed E-state index contributed by atoms with van der Waals surface area (Å²) in [7, 11) is 0. The Bertz CT molecular complexity index is 1430. The Hall–Kier alpha value is -4.05. The molecule has 4 rings (SSSR count). The van der Waals surface area contributed by atoms with Crippen LogP contribution in [0.25, 0.3) is 5.69 Å². The van der Waals surface area contributed by atoms with Crippen LogP contribution in [0.5, 0.6) is 11.6 Å². The van der Waals surface area contributed by atoms with Crippen molar-refractivity contribution in [3.8, 4) is 17.3 Å². The molecule has 0 unspecified atom stereocenters. The first-order valence-electron chi connectivity index (χ1n) is 11.4. The van der Waals surface area contributed by atoms with Crippen molar-refractivity contribution in [2.75, 3.05) is 5.32 Å². The molecule has 0 saturated heterocycles. The molecule has 0 bridgehead atoms. The SMILES string of the molecule is Cc1ccc(-n2nc(C(C)(C)C)cc2NC(=O)NCc2cc(F)cc(F)c2Oc2ccnc(Cl)n2)cc1. The van der Waals surface area contributed by atoms with Crippen LogP contribution in [0.2, 0.25) is 5.28 Å². The van der Waals surface area contributed by atoms with E-state index in [1.165, 1.54) is 12.3 Å². The summed E-state index contributed by atoms with van der Waals surface area (Å²) in [4.78, 5) is 20.4. The quantitative estimate of drug-likeness (QED) is 0.287. The molecule has 2 heterocycles. The van der Waals surface area contributed by atoms with Gasteiger partial charge in [0.25, 0.3) is 0 Å². The summed E-state index contributed by atoms with van der Waals surface area (Å²) in [6.45, 7) is 7.79. The van der Waals surface area contributed by atoms with Crippen LogP contribution in [0.1, 0.15) is 37.6 Å². The predicted octanol–water partition coefficient (Wildman–Crippen LogP) is 6.31. The molecule has 2 aromatic carbocycles. The van der Waals surface area contributed by atoms with Crippen molar-refractivity contribution in [3.05, 3.63) is 88.5 Å². The highest BCUT2D eigenvalue weighted by atomic mass is 35.5. The van der Waals surface area contributed by atoms with Gasteiger partial charge in [-0.1, -0.05) is 38.5 Å². The highest BCUT2D eigenvalue weighted by molar-refractivity contribution is 6.28. The van der Waals surface area contributed by atoms with Gasteiger partial charge in [0.15, 0.2) is 11.6 Å². The molecular weight excluding hydrogens is 502 g/mol. The number of rotatable bonds is 6. The largest absolute Gasteiger partial charge is 0.435 e. The zero-order valence-corrected chi connectivity index (χ0v) is 21.4. The highest BCUT2D eigenvalue weighted by Gasteiger charge is 2.22. The van der Waals surface area contributed by atoms with Gasteiger partial charge in [-0.3, -0.25) is 5.32 Å². The molecule has 0 aliphatic rings. The molecule has 0 atom stereocenters. The van der Waals surface area contributed by atoms with Gasteiger partial charge in [-0.25, -0.2) is 23.2 Å². The van der Waals surface area contributed by atoms with E-state index >= 15 is 0 Å². The van der Waals surface area contributed by atoms with E-state index in [-0.39, 0.29) is 34.4 Å². The topological polar surface area (TPSA) is 94.0 Å². The van der Waals surface area contributed by atoms with Crippen LogP contribution < -0.4 is 15.4 Å². The predicted molar refractivity (Wildman–Crippen MR) is 136 cm³/mol. The highest BCUT2D eigenvalue weighted by Crippen LogP contribution is 2.29. The van der Waals surface area contributed by atoms with Gasteiger partial charge in [-0.05, 0) is 36.7 Å². The number of halogens is 3. The minimum Gasteiger partial charge on any atom is -0.435 e. The van der Waals surface area contributed by atoms with Gasteiger partial charge in [0.05, 0.1) is 11.4 Å². The van der Waals surface area contributed by atoms with E-state index in [1.807, 2.05) is 52.0 Å². The fraction of sp³-hybridized carbons (Fsp3) is 0.231. The maximum absolute atomic E-state index is 14.6. The molecule has 11 heteroatoms. The van der Waals surface area contributed by atoms with Gasteiger partial charge >= 0.3 is 6.03 Å². The number of hydrogen-bond acceptors (Lipinski definition) is 5. The Labute approximate surface area is 217 Å². The van der Waals surface area contributed by atoms with E-state index in [2.05, 4.69) is 25.7 Å². The number of ether oxygens (including phenoxy) is 1. The molecule has 2 N–H and O–H groups in total. The number of carbonyl (C=O) groups is 1. The smallest absolute Gasteiger partial charge is 0.320 e. The molecule has 0 saturated carbocycles. The van der Waals surface area contributed by atoms with Crippen molar-refractivity contribution in [1.82, 2.24) is 25.1 Å². The molecule has 0 aliphatic heterocycles. The van der Waals surface area contributed by atoms with E-state index in [4.69, 9.17) is 16.3 Å². The third-order valence-corrected chi connectivity index (χ3v) is 5.51. The molecule has 0 radical (unpaired) electrons. The minimum absolute atomic E-state index is 0.0343. The van der Waals surface area contributed by atoms with Crippen molar-refractivity contribution >= 4 is 23.4 Å².